The number of hydrogen-bond donors (Lipinski definition) is 0. The Kier molecular flexibility index (Phi) is 3.48. The fraction of sp³-hybridized carbons (Fsp3) is 0.700. The highest BCUT2D eigenvalue weighted by atomic mass is 16.5. The van der Waals surface area contributed by atoms with Crippen molar-refractivity contribution < 1.29 is 4.74 Å². The molecule has 0 aliphatic heterocycles. The van der Waals surface area contributed by atoms with Crippen molar-refractivity contribution in [2.45, 2.75) is 39.3 Å². The molecule has 0 saturated heterocycles. The van der Waals surface area contributed by atoms with Gasteiger partial charge >= 0.3 is 0 Å². The van der Waals surface area contributed by atoms with Gasteiger partial charge in [-0.3, -0.25) is 0 Å². The Morgan fingerprint density at radius 3 is 2.69 bits per heavy atom. The molecular formula is C10H18N2O. The summed E-state index contributed by atoms with van der Waals surface area (Å²) in [4.78, 5) is 4.31. The van der Waals surface area contributed by atoms with Crippen LogP contribution >= 0.6 is 0 Å². The highest BCUT2D eigenvalue weighted by Gasteiger charge is 2.09. The number of imidazole rings is 1. The van der Waals surface area contributed by atoms with E-state index in [2.05, 4.69) is 30.3 Å². The number of rotatable bonds is 4. The second-order valence-electron chi connectivity index (χ2n) is 3.64. The van der Waals surface area contributed by atoms with Crippen molar-refractivity contribution in [1.29, 1.82) is 0 Å². The Bertz CT molecular complexity index is 255. The summed E-state index contributed by atoms with van der Waals surface area (Å²) in [6.07, 6.45) is 4.09. The molecule has 0 bridgehead atoms. The van der Waals surface area contributed by atoms with E-state index in [-0.39, 0.29) is 6.10 Å². The quantitative estimate of drug-likeness (QED) is 0.712. The van der Waals surface area contributed by atoms with E-state index in [0.29, 0.717) is 5.92 Å². The molecule has 0 aliphatic rings. The van der Waals surface area contributed by atoms with Gasteiger partial charge in [0, 0.05) is 32.0 Å². The number of hydrogen-bond acceptors (Lipinski definition) is 2. The van der Waals surface area contributed by atoms with Crippen molar-refractivity contribution in [2.24, 2.45) is 0 Å². The van der Waals surface area contributed by atoms with Crippen molar-refractivity contribution in [2.75, 3.05) is 7.11 Å². The van der Waals surface area contributed by atoms with Crippen molar-refractivity contribution in [3.63, 3.8) is 0 Å². The van der Waals surface area contributed by atoms with E-state index in [1.54, 1.807) is 7.11 Å². The molecule has 0 spiro atoms. The summed E-state index contributed by atoms with van der Waals surface area (Å²) in [5.41, 5.74) is 0. The molecule has 1 unspecified atom stereocenters. The van der Waals surface area contributed by atoms with Crippen LogP contribution in [0.5, 0.6) is 0 Å². The summed E-state index contributed by atoms with van der Waals surface area (Å²) < 4.78 is 7.36. The highest BCUT2D eigenvalue weighted by Crippen LogP contribution is 2.12. The molecule has 3 nitrogen and oxygen atoms in total. The molecule has 1 aromatic heterocycles. The van der Waals surface area contributed by atoms with Gasteiger partial charge < -0.3 is 9.30 Å². The molecule has 1 heterocycles. The number of ether oxygens (including phenoxy) is 1. The molecule has 0 radical (unpaired) electrons. The third-order valence-corrected chi connectivity index (χ3v) is 2.12. The number of nitrogens with zero attached hydrogens (tertiary/aromatic N) is 2. The van der Waals surface area contributed by atoms with Crippen LogP contribution in [0.15, 0.2) is 12.4 Å². The zero-order valence-corrected chi connectivity index (χ0v) is 8.82. The first-order valence-corrected chi connectivity index (χ1v) is 4.69. The molecule has 3 heteroatoms. The van der Waals surface area contributed by atoms with Crippen LogP contribution in [0.2, 0.25) is 0 Å². The van der Waals surface area contributed by atoms with E-state index in [1.165, 1.54) is 0 Å². The summed E-state index contributed by atoms with van der Waals surface area (Å²) in [6, 6.07) is 0. The first-order valence-electron chi connectivity index (χ1n) is 4.69. The molecule has 0 saturated carbocycles. The lowest BCUT2D eigenvalue weighted by molar-refractivity contribution is 0.102. The summed E-state index contributed by atoms with van der Waals surface area (Å²) >= 11 is 0. The van der Waals surface area contributed by atoms with E-state index in [0.717, 1.165) is 12.4 Å². The van der Waals surface area contributed by atoms with E-state index < -0.39 is 0 Å². The van der Waals surface area contributed by atoms with Gasteiger partial charge in [0.25, 0.3) is 0 Å². The number of aromatic nitrogens is 2. The monoisotopic (exact) mass is 182 g/mol. The van der Waals surface area contributed by atoms with Gasteiger partial charge in [0.2, 0.25) is 0 Å². The Balaban J connectivity index is 2.70. The maximum Gasteiger partial charge on any atom is 0.111 e. The van der Waals surface area contributed by atoms with Crippen molar-refractivity contribution in [3.8, 4) is 0 Å². The van der Waals surface area contributed by atoms with Gasteiger partial charge in [-0.2, -0.15) is 0 Å². The largest absolute Gasteiger partial charge is 0.380 e. The lowest BCUT2D eigenvalue weighted by Crippen LogP contribution is -2.16. The molecule has 1 aromatic rings. The van der Waals surface area contributed by atoms with Gasteiger partial charge in [-0.15, -0.1) is 0 Å². The van der Waals surface area contributed by atoms with Gasteiger partial charge in [-0.1, -0.05) is 13.8 Å². The Hall–Kier alpha value is -0.830. The van der Waals surface area contributed by atoms with Crippen LogP contribution in [0.4, 0.5) is 0 Å². The minimum absolute atomic E-state index is 0.242. The summed E-state index contributed by atoms with van der Waals surface area (Å²) in [7, 11) is 1.73. The average molecular weight is 182 g/mol. The minimum atomic E-state index is 0.242. The van der Waals surface area contributed by atoms with Gasteiger partial charge in [0.1, 0.15) is 5.82 Å². The molecule has 0 aliphatic carbocycles. The van der Waals surface area contributed by atoms with E-state index >= 15 is 0 Å². The molecule has 0 aromatic carbocycles. The lowest BCUT2D eigenvalue weighted by Gasteiger charge is -2.14. The third kappa shape index (κ3) is 2.56. The van der Waals surface area contributed by atoms with Crippen molar-refractivity contribution >= 4 is 0 Å². The highest BCUT2D eigenvalue weighted by molar-refractivity contribution is 4.97. The second kappa shape index (κ2) is 4.42. The van der Waals surface area contributed by atoms with Crippen LogP contribution in [-0.4, -0.2) is 22.8 Å². The normalized spacial score (nSPS) is 13.6. The van der Waals surface area contributed by atoms with Gasteiger partial charge in [-0.25, -0.2) is 4.98 Å². The zero-order chi connectivity index (χ0) is 9.84. The molecule has 1 rings (SSSR count). The molecule has 0 N–H and O–H groups in total. The predicted molar refractivity (Wildman–Crippen MR) is 52.8 cm³/mol. The third-order valence-electron chi connectivity index (χ3n) is 2.12. The summed E-state index contributed by atoms with van der Waals surface area (Å²) in [5.74, 6) is 1.60. The van der Waals surface area contributed by atoms with Gasteiger partial charge in [0.15, 0.2) is 0 Å². The van der Waals surface area contributed by atoms with Crippen LogP contribution in [-0.2, 0) is 11.3 Å². The maximum absolute atomic E-state index is 5.21. The molecule has 74 valence electrons. The molecular weight excluding hydrogens is 164 g/mol. The van der Waals surface area contributed by atoms with Crippen molar-refractivity contribution in [3.05, 3.63) is 18.2 Å². The fourth-order valence-electron chi connectivity index (χ4n) is 1.33. The van der Waals surface area contributed by atoms with E-state index in [1.807, 2.05) is 12.4 Å². The smallest absolute Gasteiger partial charge is 0.111 e. The van der Waals surface area contributed by atoms with E-state index in [4.69, 9.17) is 4.74 Å². The first-order chi connectivity index (χ1) is 6.15. The fourth-order valence-corrected chi connectivity index (χ4v) is 1.33. The Labute approximate surface area is 79.7 Å². The predicted octanol–water partition coefficient (Wildman–Crippen LogP) is 2.04. The van der Waals surface area contributed by atoms with Crippen LogP contribution in [0.25, 0.3) is 0 Å². The SMILES string of the molecule is COC(C)Cn1ccnc1C(C)C. The molecule has 1 atom stereocenters. The summed E-state index contributed by atoms with van der Waals surface area (Å²) in [6.45, 7) is 7.24. The van der Waals surface area contributed by atoms with Gasteiger partial charge in [-0.05, 0) is 6.92 Å². The Morgan fingerprint density at radius 2 is 2.15 bits per heavy atom. The minimum Gasteiger partial charge on any atom is -0.380 e. The Morgan fingerprint density at radius 1 is 1.46 bits per heavy atom. The second-order valence-corrected chi connectivity index (χ2v) is 3.64. The summed E-state index contributed by atoms with van der Waals surface area (Å²) in [5, 5.41) is 0. The standard InChI is InChI=1S/C10H18N2O/c1-8(2)10-11-5-6-12(10)7-9(3)13-4/h5-6,8-9H,7H2,1-4H3. The molecule has 0 amide bonds. The van der Waals surface area contributed by atoms with Crippen LogP contribution in [0.1, 0.15) is 32.5 Å². The van der Waals surface area contributed by atoms with Gasteiger partial charge in [0.05, 0.1) is 6.10 Å². The maximum atomic E-state index is 5.21. The topological polar surface area (TPSA) is 27.1 Å². The van der Waals surface area contributed by atoms with E-state index in [9.17, 15) is 0 Å². The zero-order valence-electron chi connectivity index (χ0n) is 8.82. The van der Waals surface area contributed by atoms with Crippen LogP contribution in [0.3, 0.4) is 0 Å². The number of methoxy groups -OCH3 is 1. The first kappa shape index (κ1) is 10.3. The molecule has 13 heavy (non-hydrogen) atoms. The van der Waals surface area contributed by atoms with Crippen LogP contribution < -0.4 is 0 Å². The van der Waals surface area contributed by atoms with Crippen LogP contribution in [0, 0.1) is 0 Å². The average Bonchev–Trinajstić information content (AvgIpc) is 2.52. The van der Waals surface area contributed by atoms with Crippen molar-refractivity contribution in [1.82, 2.24) is 9.55 Å². The molecule has 0 fully saturated rings. The lowest BCUT2D eigenvalue weighted by atomic mass is 10.2.